The van der Waals surface area contributed by atoms with Crippen LogP contribution in [-0.2, 0) is 16.3 Å². The van der Waals surface area contributed by atoms with Crippen LogP contribution in [0.3, 0.4) is 0 Å². The number of anilines is 1. The largest absolute Gasteiger partial charge is 0.450 e. The van der Waals surface area contributed by atoms with E-state index in [1.807, 2.05) is 31.9 Å². The van der Waals surface area contributed by atoms with Crippen LogP contribution in [-0.4, -0.2) is 47.7 Å². The van der Waals surface area contributed by atoms with Crippen LogP contribution in [0.15, 0.2) is 29.4 Å². The maximum Gasteiger partial charge on any atom is 0.416 e. The van der Waals surface area contributed by atoms with Gasteiger partial charge in [0.15, 0.2) is 4.80 Å². The number of nitrogens with zero attached hydrogens (tertiary/aromatic N) is 4. The Morgan fingerprint density at radius 1 is 1.17 bits per heavy atom. The second kappa shape index (κ2) is 9.33. The third-order valence-corrected chi connectivity index (χ3v) is 7.60. The fourth-order valence-electron chi connectivity index (χ4n) is 3.95. The summed E-state index contributed by atoms with van der Waals surface area (Å²) in [6.45, 7) is 9.90. The molecule has 0 bridgehead atoms. The van der Waals surface area contributed by atoms with E-state index in [-0.39, 0.29) is 23.8 Å². The van der Waals surface area contributed by atoms with E-state index >= 15 is 0 Å². The number of benzene rings is 1. The van der Waals surface area contributed by atoms with Crippen LogP contribution in [0.1, 0.15) is 67.5 Å². The number of halogens is 3. The molecule has 1 unspecified atom stereocenters. The Morgan fingerprint density at radius 2 is 1.89 bits per heavy atom. The lowest BCUT2D eigenvalue weighted by molar-refractivity contribution is -0.137. The monoisotopic (exact) mass is 510 g/mol. The molecule has 35 heavy (non-hydrogen) atoms. The Hall–Kier alpha value is -2.82. The predicted octanol–water partition coefficient (Wildman–Crippen LogP) is 5.18. The molecule has 2 aromatic rings. The molecule has 1 atom stereocenters. The highest BCUT2D eigenvalue weighted by atomic mass is 32.1. The van der Waals surface area contributed by atoms with Crippen molar-refractivity contribution in [2.45, 2.75) is 58.3 Å². The fourth-order valence-corrected chi connectivity index (χ4v) is 5.02. The molecule has 1 aromatic heterocycles. The van der Waals surface area contributed by atoms with Gasteiger partial charge >= 0.3 is 12.3 Å². The van der Waals surface area contributed by atoms with Crippen molar-refractivity contribution in [1.82, 2.24) is 9.47 Å². The quantitative estimate of drug-likeness (QED) is 0.569. The molecule has 11 heteroatoms. The number of carbonyl (C=O) groups is 2. The summed E-state index contributed by atoms with van der Waals surface area (Å²) >= 11 is 1.30. The van der Waals surface area contributed by atoms with Gasteiger partial charge in [0.05, 0.1) is 17.7 Å². The normalized spacial score (nSPS) is 18.8. The van der Waals surface area contributed by atoms with Crippen molar-refractivity contribution >= 4 is 29.0 Å². The molecule has 2 fully saturated rings. The first kappa shape index (κ1) is 25.3. The Labute approximate surface area is 205 Å². The van der Waals surface area contributed by atoms with Crippen LogP contribution in [0.25, 0.3) is 0 Å². The average molecular weight is 511 g/mol. The Kier molecular flexibility index (Phi) is 6.74. The molecule has 2 saturated heterocycles. The minimum Gasteiger partial charge on any atom is -0.450 e. The van der Waals surface area contributed by atoms with Gasteiger partial charge in [0.25, 0.3) is 5.91 Å². The van der Waals surface area contributed by atoms with Crippen LogP contribution in [0.2, 0.25) is 0 Å². The van der Waals surface area contributed by atoms with Crippen LogP contribution in [0.5, 0.6) is 0 Å². The van der Waals surface area contributed by atoms with Crippen molar-refractivity contribution in [1.29, 1.82) is 0 Å². The highest BCUT2D eigenvalue weighted by Crippen LogP contribution is 2.35. The summed E-state index contributed by atoms with van der Waals surface area (Å²) in [5.74, 6) is -0.740. The molecule has 2 aliphatic heterocycles. The maximum absolute atomic E-state index is 13.4. The highest BCUT2D eigenvalue weighted by Gasteiger charge is 2.37. The van der Waals surface area contributed by atoms with E-state index in [9.17, 15) is 22.8 Å². The van der Waals surface area contributed by atoms with Gasteiger partial charge in [0, 0.05) is 42.8 Å². The first-order valence-corrected chi connectivity index (χ1v) is 12.4. The van der Waals surface area contributed by atoms with Crippen molar-refractivity contribution < 1.29 is 27.5 Å². The van der Waals surface area contributed by atoms with Crippen molar-refractivity contribution in [3.05, 3.63) is 45.2 Å². The van der Waals surface area contributed by atoms with E-state index in [4.69, 9.17) is 4.74 Å². The number of thiazole rings is 1. The van der Waals surface area contributed by atoms with E-state index in [2.05, 4.69) is 4.99 Å². The lowest BCUT2D eigenvalue weighted by atomic mass is 9.95. The van der Waals surface area contributed by atoms with Gasteiger partial charge in [-0.1, -0.05) is 20.8 Å². The van der Waals surface area contributed by atoms with Crippen molar-refractivity contribution in [2.24, 2.45) is 4.99 Å². The number of rotatable bonds is 4. The van der Waals surface area contributed by atoms with Crippen LogP contribution in [0, 0.1) is 0 Å². The molecule has 2 amide bonds. The number of hydrogen-bond donors (Lipinski definition) is 0. The first-order valence-electron chi connectivity index (χ1n) is 11.6. The van der Waals surface area contributed by atoms with Gasteiger partial charge < -0.3 is 14.2 Å². The lowest BCUT2D eigenvalue weighted by Crippen LogP contribution is -2.50. The number of carbonyl (C=O) groups excluding carboxylic acids is 2. The van der Waals surface area contributed by atoms with Crippen LogP contribution < -0.4 is 9.70 Å². The number of amides is 2. The van der Waals surface area contributed by atoms with Gasteiger partial charge in [0.2, 0.25) is 0 Å². The zero-order valence-corrected chi connectivity index (χ0v) is 21.0. The summed E-state index contributed by atoms with van der Waals surface area (Å²) in [7, 11) is 0. The lowest BCUT2D eigenvalue weighted by Gasteiger charge is -2.40. The smallest absolute Gasteiger partial charge is 0.416 e. The average Bonchev–Trinajstić information content (AvgIpc) is 3.09. The minimum absolute atomic E-state index is 0.0763. The van der Waals surface area contributed by atoms with E-state index in [1.165, 1.54) is 17.4 Å². The molecule has 4 rings (SSSR count). The zero-order valence-electron chi connectivity index (χ0n) is 20.2. The zero-order chi connectivity index (χ0) is 25.5. The number of likely N-dealkylation sites (tertiary alicyclic amines) is 1. The number of ether oxygens (including phenoxy) is 1. The topological polar surface area (TPSA) is 67.1 Å². The molecule has 1 aromatic carbocycles. The minimum atomic E-state index is -4.57. The first-order chi connectivity index (χ1) is 16.4. The maximum atomic E-state index is 13.4. The Morgan fingerprint density at radius 3 is 2.40 bits per heavy atom. The summed E-state index contributed by atoms with van der Waals surface area (Å²) in [5.41, 5.74) is -0.760. The summed E-state index contributed by atoms with van der Waals surface area (Å²) in [6.07, 6.45) is -1.95. The van der Waals surface area contributed by atoms with Gasteiger partial charge in [-0.2, -0.15) is 18.2 Å². The molecule has 7 nitrogen and oxygen atoms in total. The number of alkyl halides is 3. The summed E-state index contributed by atoms with van der Waals surface area (Å²) in [4.78, 5) is 34.7. The van der Waals surface area contributed by atoms with E-state index in [1.54, 1.807) is 16.4 Å². The molecule has 0 N–H and O–H groups in total. The molecular formula is C24H29F3N4O3S. The third kappa shape index (κ3) is 5.10. The van der Waals surface area contributed by atoms with E-state index in [0.717, 1.165) is 23.4 Å². The Balaban J connectivity index is 1.78. The highest BCUT2D eigenvalue weighted by molar-refractivity contribution is 7.09. The number of hydrogen-bond acceptors (Lipinski definition) is 5. The molecule has 0 spiro atoms. The van der Waals surface area contributed by atoms with Gasteiger partial charge in [-0.25, -0.2) is 4.79 Å². The SMILES string of the molecule is CCOC(=O)N1CCC1n1cc(C(C)(C)C)sc1=NC(=O)c1cc(C(F)(F)F)ccc1N1CCC1. The van der Waals surface area contributed by atoms with E-state index < -0.39 is 23.7 Å². The van der Waals surface area contributed by atoms with Crippen molar-refractivity contribution in [3.63, 3.8) is 0 Å². The Bertz CT molecular complexity index is 1190. The van der Waals surface area contributed by atoms with E-state index in [0.29, 0.717) is 36.5 Å². The number of aromatic nitrogens is 1. The van der Waals surface area contributed by atoms with Gasteiger partial charge in [-0.15, -0.1) is 11.3 Å². The van der Waals surface area contributed by atoms with Crippen molar-refractivity contribution in [2.75, 3.05) is 31.1 Å². The molecular weight excluding hydrogens is 481 g/mol. The third-order valence-electron chi connectivity index (χ3n) is 6.18. The molecule has 190 valence electrons. The molecule has 0 saturated carbocycles. The second-order valence-electron chi connectivity index (χ2n) is 9.68. The molecule has 0 aliphatic carbocycles. The van der Waals surface area contributed by atoms with Crippen molar-refractivity contribution in [3.8, 4) is 0 Å². The van der Waals surface area contributed by atoms with Crippen LogP contribution >= 0.6 is 11.3 Å². The molecule has 3 heterocycles. The summed E-state index contributed by atoms with van der Waals surface area (Å²) in [6, 6.07) is 3.23. The molecule has 0 radical (unpaired) electrons. The van der Waals surface area contributed by atoms with Gasteiger partial charge in [-0.3, -0.25) is 9.69 Å². The summed E-state index contributed by atoms with van der Waals surface area (Å²) in [5, 5.41) is 0. The molecule has 2 aliphatic rings. The van der Waals surface area contributed by atoms with Gasteiger partial charge in [-0.05, 0) is 37.0 Å². The predicted molar refractivity (Wildman–Crippen MR) is 127 cm³/mol. The summed E-state index contributed by atoms with van der Waals surface area (Å²) < 4.78 is 47.2. The fraction of sp³-hybridized carbons (Fsp3) is 0.542. The standard InChI is InChI=1S/C24H29F3N4O3S/c1-5-34-22(33)30-12-9-19(30)31-14-18(23(2,3)4)35-21(31)28-20(32)16-13-15(24(25,26)27)7-8-17(16)29-10-6-11-29/h7-8,13-14,19H,5-6,9-12H2,1-4H3. The second-order valence-corrected chi connectivity index (χ2v) is 10.7. The van der Waals surface area contributed by atoms with Gasteiger partial charge in [0.1, 0.15) is 6.17 Å². The van der Waals surface area contributed by atoms with Crippen LogP contribution in [0.4, 0.5) is 23.7 Å².